The van der Waals surface area contributed by atoms with Crippen LogP contribution in [0.25, 0.3) is 0 Å². The van der Waals surface area contributed by atoms with Gasteiger partial charge in [0.05, 0.1) is 13.2 Å². The van der Waals surface area contributed by atoms with E-state index in [1.807, 2.05) is 0 Å². The monoisotopic (exact) mass is 623 g/mol. The molecule has 3 unspecified atom stereocenters. The lowest BCUT2D eigenvalue weighted by atomic mass is 10.0. The van der Waals surface area contributed by atoms with Crippen LogP contribution in [-0.2, 0) is 37.5 Å². The largest absolute Gasteiger partial charge is 0.480 e. The van der Waals surface area contributed by atoms with Crippen LogP contribution in [0.5, 0.6) is 0 Å². The van der Waals surface area contributed by atoms with Gasteiger partial charge in [-0.05, 0) is 6.42 Å². The van der Waals surface area contributed by atoms with Crippen LogP contribution in [0.2, 0.25) is 0 Å². The Kier molecular flexibility index (Phi) is 26.1. The molecule has 0 heterocycles. The van der Waals surface area contributed by atoms with Crippen LogP contribution in [0, 0.1) is 0 Å². The average molecular weight is 624 g/mol. The van der Waals surface area contributed by atoms with Gasteiger partial charge in [0.15, 0.2) is 6.10 Å². The number of carbonyl (C=O) groups excluding carboxylic acids is 2. The molecule has 0 aliphatic heterocycles. The Morgan fingerprint density at radius 2 is 1.10 bits per heavy atom. The first kappa shape index (κ1) is 40.5. The lowest BCUT2D eigenvalue weighted by Gasteiger charge is -2.20. The molecule has 248 valence electrons. The Labute approximate surface area is 253 Å². The van der Waals surface area contributed by atoms with Crippen molar-refractivity contribution in [2.24, 2.45) is 5.73 Å². The van der Waals surface area contributed by atoms with Gasteiger partial charge in [0.1, 0.15) is 12.6 Å². The molecular formula is C30H58NO10P. The number of hydrogen-bond acceptors (Lipinski definition) is 9. The third-order valence-electron chi connectivity index (χ3n) is 6.91. The van der Waals surface area contributed by atoms with Crippen LogP contribution in [0.1, 0.15) is 142 Å². The minimum absolute atomic E-state index is 0.163. The lowest BCUT2D eigenvalue weighted by Crippen LogP contribution is -2.34. The van der Waals surface area contributed by atoms with Gasteiger partial charge >= 0.3 is 25.7 Å². The molecule has 3 atom stereocenters. The Bertz CT molecular complexity index is 752. The number of unbranched alkanes of at least 4 members (excludes halogenated alkanes) is 18. The van der Waals surface area contributed by atoms with Crippen LogP contribution in [0.15, 0.2) is 0 Å². The number of ether oxygens (including phenoxy) is 2. The summed E-state index contributed by atoms with van der Waals surface area (Å²) in [6.07, 6.45) is 22.9. The summed E-state index contributed by atoms with van der Waals surface area (Å²) in [7, 11) is -4.66. The van der Waals surface area contributed by atoms with Gasteiger partial charge in [0, 0.05) is 13.3 Å². The molecule has 11 nitrogen and oxygen atoms in total. The summed E-state index contributed by atoms with van der Waals surface area (Å²) in [6, 6.07) is -1.51. The summed E-state index contributed by atoms with van der Waals surface area (Å²) in [6.45, 7) is 1.72. The molecule has 0 spiro atoms. The van der Waals surface area contributed by atoms with E-state index in [4.69, 9.17) is 24.8 Å². The molecule has 0 fully saturated rings. The van der Waals surface area contributed by atoms with E-state index in [0.717, 1.165) is 19.3 Å². The third-order valence-corrected chi connectivity index (χ3v) is 7.86. The van der Waals surface area contributed by atoms with Gasteiger partial charge < -0.3 is 25.2 Å². The molecule has 4 N–H and O–H groups in total. The molecule has 0 aliphatic carbocycles. The standard InChI is InChI=1S/C30H58NO10P/c1-3-4-5-6-7-8-9-10-11-12-13-14-15-16-17-18-19-20-21-22-29(33)41-27(23-38-26(2)32)24-39-42(36,37)40-25-28(31)30(34)35/h27-28H,3-25,31H2,1-2H3,(H,34,35)(H,36,37). The first-order valence-corrected chi connectivity index (χ1v) is 17.5. The Morgan fingerprint density at radius 1 is 0.690 bits per heavy atom. The quantitative estimate of drug-likeness (QED) is 0.0435. The molecule has 0 aromatic heterocycles. The normalized spacial score (nSPS) is 14.2. The van der Waals surface area contributed by atoms with Crippen molar-refractivity contribution >= 4 is 25.7 Å². The topological polar surface area (TPSA) is 172 Å². The fourth-order valence-electron chi connectivity index (χ4n) is 4.38. The fourth-order valence-corrected chi connectivity index (χ4v) is 5.16. The highest BCUT2D eigenvalue weighted by Gasteiger charge is 2.27. The van der Waals surface area contributed by atoms with Crippen molar-refractivity contribution in [1.29, 1.82) is 0 Å². The van der Waals surface area contributed by atoms with Crippen LogP contribution in [0.4, 0.5) is 0 Å². The van der Waals surface area contributed by atoms with E-state index in [2.05, 4.69) is 11.4 Å². The average Bonchev–Trinajstić information content (AvgIpc) is 2.94. The highest BCUT2D eigenvalue weighted by atomic mass is 31.2. The van der Waals surface area contributed by atoms with Crippen molar-refractivity contribution in [2.45, 2.75) is 154 Å². The summed E-state index contributed by atoms with van der Waals surface area (Å²) < 4.78 is 31.3. The van der Waals surface area contributed by atoms with E-state index in [-0.39, 0.29) is 13.0 Å². The Morgan fingerprint density at radius 3 is 1.50 bits per heavy atom. The van der Waals surface area contributed by atoms with Crippen molar-refractivity contribution in [3.05, 3.63) is 0 Å². The second-order valence-electron chi connectivity index (χ2n) is 11.0. The molecule has 12 heteroatoms. The first-order valence-electron chi connectivity index (χ1n) is 16.0. The van der Waals surface area contributed by atoms with E-state index in [9.17, 15) is 23.8 Å². The smallest absolute Gasteiger partial charge is 0.472 e. The number of hydrogen-bond donors (Lipinski definition) is 3. The predicted octanol–water partition coefficient (Wildman–Crippen LogP) is 6.83. The summed E-state index contributed by atoms with van der Waals surface area (Å²) in [5.74, 6) is -2.57. The van der Waals surface area contributed by atoms with Gasteiger partial charge in [-0.3, -0.25) is 23.4 Å². The van der Waals surface area contributed by atoms with Crippen LogP contribution in [-0.4, -0.2) is 59.9 Å². The second kappa shape index (κ2) is 27.1. The third kappa shape index (κ3) is 27.3. The van der Waals surface area contributed by atoms with E-state index in [1.54, 1.807) is 0 Å². The van der Waals surface area contributed by atoms with Gasteiger partial charge in [0.2, 0.25) is 0 Å². The summed E-state index contributed by atoms with van der Waals surface area (Å²) in [4.78, 5) is 43.8. The fraction of sp³-hybridized carbons (Fsp3) is 0.900. The summed E-state index contributed by atoms with van der Waals surface area (Å²) in [5.41, 5.74) is 5.23. The maximum absolute atomic E-state index is 12.2. The number of esters is 2. The molecule has 0 aliphatic rings. The molecule has 0 amide bonds. The zero-order valence-corrected chi connectivity index (χ0v) is 27.0. The van der Waals surface area contributed by atoms with E-state index >= 15 is 0 Å². The maximum atomic E-state index is 12.2. The van der Waals surface area contributed by atoms with Crippen LogP contribution < -0.4 is 5.73 Å². The molecule has 0 saturated heterocycles. The zero-order valence-electron chi connectivity index (χ0n) is 26.1. The van der Waals surface area contributed by atoms with Crippen LogP contribution in [0.3, 0.4) is 0 Å². The molecule has 0 rings (SSSR count). The van der Waals surface area contributed by atoms with E-state index in [0.29, 0.717) is 6.42 Å². The lowest BCUT2D eigenvalue weighted by molar-refractivity contribution is -0.160. The number of carboxylic acids is 1. The molecule has 0 saturated carbocycles. The molecule has 0 aromatic rings. The van der Waals surface area contributed by atoms with E-state index in [1.165, 1.54) is 103 Å². The molecule has 0 radical (unpaired) electrons. The number of rotatable bonds is 30. The SMILES string of the molecule is CCCCCCCCCCCCCCCCCCCCCC(=O)OC(COC(C)=O)COP(=O)(O)OCC(N)C(=O)O. The molecule has 0 aromatic carbocycles. The van der Waals surface area contributed by atoms with Gasteiger partial charge in [0.25, 0.3) is 0 Å². The van der Waals surface area contributed by atoms with E-state index < -0.39 is 51.1 Å². The number of phosphoric acid groups is 1. The van der Waals surface area contributed by atoms with Crippen molar-refractivity contribution in [3.63, 3.8) is 0 Å². The number of carboxylic acid groups (broad SMARTS) is 1. The molecule has 0 bridgehead atoms. The Hall–Kier alpha value is -1.52. The minimum Gasteiger partial charge on any atom is -0.480 e. The molecular weight excluding hydrogens is 565 g/mol. The Balaban J connectivity index is 3.86. The summed E-state index contributed by atoms with van der Waals surface area (Å²) >= 11 is 0. The first-order chi connectivity index (χ1) is 20.1. The highest BCUT2D eigenvalue weighted by molar-refractivity contribution is 7.47. The van der Waals surface area contributed by atoms with Gasteiger partial charge in [-0.2, -0.15) is 0 Å². The van der Waals surface area contributed by atoms with Crippen molar-refractivity contribution in [1.82, 2.24) is 0 Å². The number of nitrogens with two attached hydrogens (primary N) is 1. The molecule has 42 heavy (non-hydrogen) atoms. The zero-order chi connectivity index (χ0) is 31.5. The highest BCUT2D eigenvalue weighted by Crippen LogP contribution is 2.43. The minimum atomic E-state index is -4.66. The van der Waals surface area contributed by atoms with Crippen molar-refractivity contribution in [2.75, 3.05) is 19.8 Å². The van der Waals surface area contributed by atoms with Gasteiger partial charge in [-0.1, -0.05) is 122 Å². The predicted molar refractivity (Wildman–Crippen MR) is 162 cm³/mol. The van der Waals surface area contributed by atoms with Crippen molar-refractivity contribution < 1.29 is 47.5 Å². The number of phosphoric ester groups is 1. The second-order valence-corrected chi connectivity index (χ2v) is 12.5. The summed E-state index contributed by atoms with van der Waals surface area (Å²) in [5, 5.41) is 8.72. The van der Waals surface area contributed by atoms with Crippen molar-refractivity contribution in [3.8, 4) is 0 Å². The van der Waals surface area contributed by atoms with Gasteiger partial charge in [-0.15, -0.1) is 0 Å². The number of aliphatic carboxylic acids is 1. The maximum Gasteiger partial charge on any atom is 0.472 e. The number of carbonyl (C=O) groups is 3. The van der Waals surface area contributed by atoms with Gasteiger partial charge in [-0.25, -0.2) is 4.57 Å². The van der Waals surface area contributed by atoms with Crippen LogP contribution >= 0.6 is 7.82 Å².